The maximum atomic E-state index is 12.9. The van der Waals surface area contributed by atoms with Crippen LogP contribution in [0.15, 0.2) is 45.6 Å². The lowest BCUT2D eigenvalue weighted by Gasteiger charge is -2.34. The van der Waals surface area contributed by atoms with E-state index in [0.717, 1.165) is 38.1 Å². The van der Waals surface area contributed by atoms with E-state index in [9.17, 15) is 9.90 Å². The second kappa shape index (κ2) is 8.99. The minimum atomic E-state index is -0.474. The number of phenols is 1. The van der Waals surface area contributed by atoms with E-state index >= 15 is 0 Å². The summed E-state index contributed by atoms with van der Waals surface area (Å²) in [5.74, 6) is 1.31. The van der Waals surface area contributed by atoms with Gasteiger partial charge in [0, 0.05) is 49.7 Å². The smallest absolute Gasteiger partial charge is 0.344 e. The van der Waals surface area contributed by atoms with Crippen molar-refractivity contribution in [1.82, 2.24) is 9.80 Å². The van der Waals surface area contributed by atoms with Crippen molar-refractivity contribution >= 4 is 11.0 Å². The van der Waals surface area contributed by atoms with Crippen molar-refractivity contribution in [3.63, 3.8) is 0 Å². The minimum absolute atomic E-state index is 0.142. The zero-order chi connectivity index (χ0) is 22.0. The summed E-state index contributed by atoms with van der Waals surface area (Å²) in [6, 6.07) is 10.5. The Morgan fingerprint density at radius 3 is 2.39 bits per heavy atom. The molecule has 0 bridgehead atoms. The molecule has 0 radical (unpaired) electrons. The molecular weight excluding hydrogens is 396 g/mol. The molecule has 1 fully saturated rings. The number of hydrogen-bond donors (Lipinski definition) is 1. The van der Waals surface area contributed by atoms with Gasteiger partial charge in [-0.05, 0) is 36.9 Å². The van der Waals surface area contributed by atoms with Gasteiger partial charge in [-0.3, -0.25) is 4.90 Å². The number of benzene rings is 2. The molecule has 0 saturated carbocycles. The Morgan fingerprint density at radius 1 is 0.968 bits per heavy atom. The lowest BCUT2D eigenvalue weighted by Crippen LogP contribution is -2.45. The van der Waals surface area contributed by atoms with E-state index in [-0.39, 0.29) is 5.75 Å². The summed E-state index contributed by atoms with van der Waals surface area (Å²) in [5, 5.41) is 11.3. The first-order valence-electron chi connectivity index (χ1n) is 10.5. The van der Waals surface area contributed by atoms with Gasteiger partial charge in [0.15, 0.2) is 0 Å². The van der Waals surface area contributed by atoms with Crippen LogP contribution in [0.2, 0.25) is 0 Å². The fourth-order valence-electron chi connectivity index (χ4n) is 4.08. The van der Waals surface area contributed by atoms with Gasteiger partial charge >= 0.3 is 5.63 Å². The van der Waals surface area contributed by atoms with E-state index in [1.165, 1.54) is 0 Å². The average molecular weight is 424 g/mol. The molecule has 3 aromatic rings. The third-order valence-corrected chi connectivity index (χ3v) is 5.97. The van der Waals surface area contributed by atoms with Crippen LogP contribution in [0.4, 0.5) is 0 Å². The number of fused-ring (bicyclic) bond motifs is 1. The molecule has 0 amide bonds. The Balaban J connectivity index is 1.73. The van der Waals surface area contributed by atoms with Crippen molar-refractivity contribution in [2.24, 2.45) is 0 Å². The van der Waals surface area contributed by atoms with E-state index in [2.05, 4.69) is 16.7 Å². The van der Waals surface area contributed by atoms with Gasteiger partial charge in [0.25, 0.3) is 0 Å². The molecule has 164 valence electrons. The molecule has 7 heteroatoms. The molecule has 4 rings (SSSR count). The Kier molecular flexibility index (Phi) is 6.15. The molecule has 0 aliphatic carbocycles. The van der Waals surface area contributed by atoms with Gasteiger partial charge < -0.3 is 23.9 Å². The fourth-order valence-corrected chi connectivity index (χ4v) is 4.08. The molecule has 1 aromatic heterocycles. The summed E-state index contributed by atoms with van der Waals surface area (Å²) < 4.78 is 16.5. The van der Waals surface area contributed by atoms with E-state index in [4.69, 9.17) is 13.9 Å². The first-order chi connectivity index (χ1) is 15.0. The lowest BCUT2D eigenvalue weighted by atomic mass is 10.0. The summed E-state index contributed by atoms with van der Waals surface area (Å²) in [5.41, 5.74) is 1.63. The van der Waals surface area contributed by atoms with Crippen LogP contribution in [-0.4, -0.2) is 61.8 Å². The summed E-state index contributed by atoms with van der Waals surface area (Å²) in [7, 11) is 3.13. The summed E-state index contributed by atoms with van der Waals surface area (Å²) in [6.07, 6.45) is 0. The maximum Gasteiger partial charge on any atom is 0.344 e. The normalized spacial score (nSPS) is 15.3. The third kappa shape index (κ3) is 4.24. The minimum Gasteiger partial charge on any atom is -0.507 e. The van der Waals surface area contributed by atoms with E-state index in [1.807, 2.05) is 0 Å². The van der Waals surface area contributed by atoms with Gasteiger partial charge in [0.05, 0.1) is 25.3 Å². The molecule has 0 atom stereocenters. The first-order valence-corrected chi connectivity index (χ1v) is 10.5. The molecule has 1 saturated heterocycles. The standard InChI is InChI=1S/C24H28N2O5/c1-4-25-9-11-26(12-10-25)15-20-21(27)8-5-16-13-19(24(28)31-23(16)20)18-7-6-17(29-2)14-22(18)30-3/h5-8,13-14,27H,4,9-12,15H2,1-3H3. The van der Waals surface area contributed by atoms with Gasteiger partial charge in [0.1, 0.15) is 22.8 Å². The van der Waals surface area contributed by atoms with Crippen molar-refractivity contribution in [3.8, 4) is 28.4 Å². The summed E-state index contributed by atoms with van der Waals surface area (Å²) in [4.78, 5) is 17.6. The summed E-state index contributed by atoms with van der Waals surface area (Å²) >= 11 is 0. The highest BCUT2D eigenvalue weighted by Gasteiger charge is 2.21. The van der Waals surface area contributed by atoms with Crippen LogP contribution < -0.4 is 15.1 Å². The Morgan fingerprint density at radius 2 is 1.71 bits per heavy atom. The predicted octanol–water partition coefficient (Wildman–Crippen LogP) is 3.32. The highest BCUT2D eigenvalue weighted by molar-refractivity contribution is 5.86. The van der Waals surface area contributed by atoms with Crippen molar-refractivity contribution < 1.29 is 19.0 Å². The van der Waals surface area contributed by atoms with Crippen LogP contribution >= 0.6 is 0 Å². The Hall–Kier alpha value is -3.03. The highest BCUT2D eigenvalue weighted by Crippen LogP contribution is 2.35. The first kappa shape index (κ1) is 21.2. The Labute approximate surface area is 181 Å². The van der Waals surface area contributed by atoms with Crippen LogP contribution in [0.25, 0.3) is 22.1 Å². The maximum absolute atomic E-state index is 12.9. The largest absolute Gasteiger partial charge is 0.507 e. The molecule has 1 aliphatic heterocycles. The molecule has 7 nitrogen and oxygen atoms in total. The van der Waals surface area contributed by atoms with Crippen LogP contribution in [-0.2, 0) is 6.54 Å². The lowest BCUT2D eigenvalue weighted by molar-refractivity contribution is 0.131. The number of nitrogens with zero attached hydrogens (tertiary/aromatic N) is 2. The average Bonchev–Trinajstić information content (AvgIpc) is 2.81. The number of hydrogen-bond acceptors (Lipinski definition) is 7. The number of rotatable bonds is 6. The number of aromatic hydroxyl groups is 1. The number of ether oxygens (including phenoxy) is 2. The molecule has 0 spiro atoms. The highest BCUT2D eigenvalue weighted by atomic mass is 16.5. The second-order valence-electron chi connectivity index (χ2n) is 7.71. The summed E-state index contributed by atoms with van der Waals surface area (Å²) in [6.45, 7) is 7.55. The van der Waals surface area contributed by atoms with Gasteiger partial charge in [-0.25, -0.2) is 4.79 Å². The van der Waals surface area contributed by atoms with Gasteiger partial charge in [-0.2, -0.15) is 0 Å². The van der Waals surface area contributed by atoms with E-state index in [0.29, 0.717) is 40.3 Å². The molecule has 1 N–H and O–H groups in total. The topological polar surface area (TPSA) is 75.4 Å². The van der Waals surface area contributed by atoms with Crippen molar-refractivity contribution in [2.75, 3.05) is 46.9 Å². The number of methoxy groups -OCH3 is 2. The van der Waals surface area contributed by atoms with Crippen LogP contribution in [0.1, 0.15) is 12.5 Å². The third-order valence-electron chi connectivity index (χ3n) is 5.97. The van der Waals surface area contributed by atoms with Crippen LogP contribution in [0.5, 0.6) is 17.2 Å². The van der Waals surface area contributed by atoms with Gasteiger partial charge in [0.2, 0.25) is 0 Å². The van der Waals surface area contributed by atoms with Gasteiger partial charge in [-0.15, -0.1) is 0 Å². The zero-order valence-corrected chi connectivity index (χ0v) is 18.2. The van der Waals surface area contributed by atoms with Gasteiger partial charge in [-0.1, -0.05) is 6.92 Å². The number of piperazine rings is 1. The molecule has 0 unspecified atom stereocenters. The Bertz CT molecular complexity index is 1130. The fraction of sp³-hybridized carbons (Fsp3) is 0.375. The molecule has 2 aromatic carbocycles. The molecular formula is C24H28N2O5. The van der Waals surface area contributed by atoms with Crippen LogP contribution in [0.3, 0.4) is 0 Å². The van der Waals surface area contributed by atoms with Crippen molar-refractivity contribution in [1.29, 1.82) is 0 Å². The monoisotopic (exact) mass is 424 g/mol. The van der Waals surface area contributed by atoms with Crippen molar-refractivity contribution in [3.05, 3.63) is 52.4 Å². The quantitative estimate of drug-likeness (QED) is 0.609. The molecule has 1 aliphatic rings. The van der Waals surface area contributed by atoms with Crippen molar-refractivity contribution in [2.45, 2.75) is 13.5 Å². The molecule has 31 heavy (non-hydrogen) atoms. The number of likely N-dealkylation sites (N-methyl/N-ethyl adjacent to an activating group) is 1. The SMILES string of the molecule is CCN1CCN(Cc2c(O)ccc3cc(-c4ccc(OC)cc4OC)c(=O)oc23)CC1. The second-order valence-corrected chi connectivity index (χ2v) is 7.71. The van der Waals surface area contributed by atoms with E-state index < -0.39 is 5.63 Å². The van der Waals surface area contributed by atoms with Crippen LogP contribution in [0, 0.1) is 0 Å². The van der Waals surface area contributed by atoms with E-state index in [1.54, 1.807) is 50.6 Å². The number of phenolic OH excluding ortho intramolecular Hbond substituents is 1. The predicted molar refractivity (Wildman–Crippen MR) is 120 cm³/mol. The molecule has 2 heterocycles. The zero-order valence-electron chi connectivity index (χ0n) is 18.2.